The first-order valence-corrected chi connectivity index (χ1v) is 12.7. The van der Waals surface area contributed by atoms with Gasteiger partial charge >= 0.3 is 0 Å². The van der Waals surface area contributed by atoms with Gasteiger partial charge < -0.3 is 14.5 Å². The maximum absolute atomic E-state index is 13.6. The van der Waals surface area contributed by atoms with Gasteiger partial charge in [-0.25, -0.2) is 0 Å². The maximum Gasteiger partial charge on any atom is 0.261 e. The smallest absolute Gasteiger partial charge is 0.261 e. The van der Waals surface area contributed by atoms with E-state index in [4.69, 9.17) is 16.3 Å². The van der Waals surface area contributed by atoms with E-state index in [1.165, 1.54) is 10.4 Å². The summed E-state index contributed by atoms with van der Waals surface area (Å²) >= 11 is 7.66. The molecule has 3 aromatic rings. The largest absolute Gasteiger partial charge is 0.484 e. The summed E-state index contributed by atoms with van der Waals surface area (Å²) in [5.41, 5.74) is 3.47. The summed E-state index contributed by atoms with van der Waals surface area (Å²) in [7, 11) is 0. The van der Waals surface area contributed by atoms with Gasteiger partial charge in [0.25, 0.3) is 5.91 Å². The molecule has 0 bridgehead atoms. The Bertz CT molecular complexity index is 1160. The Kier molecular flexibility index (Phi) is 7.59. The summed E-state index contributed by atoms with van der Waals surface area (Å²) in [6.45, 7) is 6.42. The highest BCUT2D eigenvalue weighted by molar-refractivity contribution is 7.10. The summed E-state index contributed by atoms with van der Waals surface area (Å²) < 4.78 is 5.65. The Morgan fingerprint density at radius 1 is 1.12 bits per heavy atom. The molecule has 0 aliphatic carbocycles. The Morgan fingerprint density at radius 3 is 2.56 bits per heavy atom. The number of carbonyl (C=O) groups is 2. The molecule has 1 aliphatic rings. The van der Waals surface area contributed by atoms with Crippen LogP contribution in [0.1, 0.15) is 41.5 Å². The number of aryl methyl sites for hydroxylation is 1. The van der Waals surface area contributed by atoms with Crippen LogP contribution in [-0.4, -0.2) is 47.4 Å². The lowest BCUT2D eigenvalue weighted by Gasteiger charge is -2.38. The summed E-state index contributed by atoms with van der Waals surface area (Å²) in [4.78, 5) is 31.5. The first-order chi connectivity index (χ1) is 16.3. The Morgan fingerprint density at radius 2 is 1.85 bits per heavy atom. The number of halogens is 1. The van der Waals surface area contributed by atoms with Crippen molar-refractivity contribution in [1.82, 2.24) is 9.80 Å². The predicted octanol–water partition coefficient (Wildman–Crippen LogP) is 5.50. The molecule has 5 nitrogen and oxygen atoms in total. The number of ether oxygens (including phenoxy) is 1. The zero-order chi connectivity index (χ0) is 24.2. The van der Waals surface area contributed by atoms with Gasteiger partial charge in [0.05, 0.1) is 6.04 Å². The quantitative estimate of drug-likeness (QED) is 0.434. The molecule has 2 aromatic carbocycles. The van der Waals surface area contributed by atoms with Gasteiger partial charge in [0.15, 0.2) is 6.61 Å². The van der Waals surface area contributed by atoms with Crippen LogP contribution in [-0.2, 0) is 16.0 Å². The minimum atomic E-state index is -0.223. The van der Waals surface area contributed by atoms with Gasteiger partial charge in [-0.05, 0) is 79.6 Å². The molecule has 4 rings (SSSR count). The van der Waals surface area contributed by atoms with E-state index < -0.39 is 0 Å². The van der Waals surface area contributed by atoms with Crippen molar-refractivity contribution >= 4 is 34.8 Å². The first-order valence-electron chi connectivity index (χ1n) is 11.4. The van der Waals surface area contributed by atoms with E-state index in [1.807, 2.05) is 30.9 Å². The van der Waals surface area contributed by atoms with E-state index in [1.54, 1.807) is 40.5 Å². The number of fused-ring (bicyclic) bond motifs is 1. The fraction of sp³-hybridized carbons (Fsp3) is 0.333. The fourth-order valence-corrected chi connectivity index (χ4v) is 5.40. The zero-order valence-corrected chi connectivity index (χ0v) is 21.2. The topological polar surface area (TPSA) is 49.9 Å². The second-order valence-corrected chi connectivity index (χ2v) is 10.2. The van der Waals surface area contributed by atoms with Crippen molar-refractivity contribution in [2.24, 2.45) is 0 Å². The molecule has 0 radical (unpaired) electrons. The fourth-order valence-electron chi connectivity index (χ4n) is 4.37. The molecule has 7 heteroatoms. The highest BCUT2D eigenvalue weighted by Gasteiger charge is 2.35. The third kappa shape index (κ3) is 5.29. The van der Waals surface area contributed by atoms with Crippen LogP contribution in [0.5, 0.6) is 5.75 Å². The molecule has 2 amide bonds. The van der Waals surface area contributed by atoms with Crippen LogP contribution in [0.2, 0.25) is 5.02 Å². The highest BCUT2D eigenvalue weighted by Crippen LogP contribution is 2.39. The van der Waals surface area contributed by atoms with Gasteiger partial charge in [0, 0.05) is 22.5 Å². The third-order valence-corrected chi connectivity index (χ3v) is 7.44. The molecule has 0 N–H and O–H groups in total. The summed E-state index contributed by atoms with van der Waals surface area (Å²) in [6, 6.07) is 16.9. The molecule has 2 heterocycles. The van der Waals surface area contributed by atoms with Crippen LogP contribution in [0.3, 0.4) is 0 Å². The van der Waals surface area contributed by atoms with Crippen molar-refractivity contribution in [3.05, 3.63) is 86.6 Å². The lowest BCUT2D eigenvalue weighted by molar-refractivity contribution is -0.144. The van der Waals surface area contributed by atoms with Crippen LogP contribution in [0.15, 0.2) is 60.0 Å². The maximum atomic E-state index is 13.6. The molecule has 0 saturated carbocycles. The summed E-state index contributed by atoms with van der Waals surface area (Å²) in [6.07, 6.45) is 0.830. The van der Waals surface area contributed by atoms with E-state index in [9.17, 15) is 9.59 Å². The molecule has 1 aromatic heterocycles. The number of nitrogens with zero attached hydrogens (tertiary/aromatic N) is 2. The molecular formula is C27H29ClN2O3S. The second kappa shape index (κ2) is 10.6. The standard InChI is InChI=1S/C27H29ClN2O3S/c1-18(2)30(26(32)17-33-21-10-8-20(28)9-11-21)16-25(31)29-14-12-24-23(13-15-34-24)27(29)22-7-5-4-6-19(22)3/h4-11,13,15,18,27H,12,14,16-17H2,1-3H3. The number of hydrogen-bond acceptors (Lipinski definition) is 4. The number of amides is 2. The molecule has 34 heavy (non-hydrogen) atoms. The molecule has 0 fully saturated rings. The molecule has 1 aliphatic heterocycles. The molecule has 0 spiro atoms. The summed E-state index contributed by atoms with van der Waals surface area (Å²) in [5.74, 6) is 0.283. The van der Waals surface area contributed by atoms with Gasteiger partial charge in [-0.2, -0.15) is 0 Å². The van der Waals surface area contributed by atoms with Gasteiger partial charge in [-0.1, -0.05) is 35.9 Å². The average Bonchev–Trinajstić information content (AvgIpc) is 3.30. The van der Waals surface area contributed by atoms with Gasteiger partial charge in [0.2, 0.25) is 5.91 Å². The number of benzene rings is 2. The van der Waals surface area contributed by atoms with Crippen molar-refractivity contribution < 1.29 is 14.3 Å². The zero-order valence-electron chi connectivity index (χ0n) is 19.7. The van der Waals surface area contributed by atoms with E-state index in [0.717, 1.165) is 17.5 Å². The van der Waals surface area contributed by atoms with Crippen molar-refractivity contribution in [2.45, 2.75) is 39.3 Å². The van der Waals surface area contributed by atoms with Crippen LogP contribution in [0, 0.1) is 6.92 Å². The van der Waals surface area contributed by atoms with Gasteiger partial charge in [-0.15, -0.1) is 11.3 Å². The Labute approximate surface area is 209 Å². The number of hydrogen-bond donors (Lipinski definition) is 0. The molecule has 1 atom stereocenters. The van der Waals surface area contributed by atoms with Crippen molar-refractivity contribution in [3.8, 4) is 5.75 Å². The number of thiophene rings is 1. The van der Waals surface area contributed by atoms with Crippen molar-refractivity contribution in [1.29, 1.82) is 0 Å². The monoisotopic (exact) mass is 496 g/mol. The lowest BCUT2D eigenvalue weighted by Crippen LogP contribution is -2.49. The number of rotatable bonds is 7. The number of carbonyl (C=O) groups excluding carboxylic acids is 2. The average molecular weight is 497 g/mol. The normalized spacial score (nSPS) is 15.2. The van der Waals surface area contributed by atoms with Gasteiger partial charge in [-0.3, -0.25) is 9.59 Å². The van der Waals surface area contributed by atoms with E-state index in [0.29, 0.717) is 17.3 Å². The van der Waals surface area contributed by atoms with Crippen molar-refractivity contribution in [3.63, 3.8) is 0 Å². The highest BCUT2D eigenvalue weighted by atomic mass is 35.5. The Balaban J connectivity index is 1.52. The van der Waals surface area contributed by atoms with Crippen LogP contribution in [0.4, 0.5) is 0 Å². The lowest BCUT2D eigenvalue weighted by atomic mass is 9.90. The Hall–Kier alpha value is -2.83. The minimum absolute atomic E-state index is 0.0162. The summed E-state index contributed by atoms with van der Waals surface area (Å²) in [5, 5.41) is 2.70. The third-order valence-electron chi connectivity index (χ3n) is 6.19. The molecular weight excluding hydrogens is 468 g/mol. The minimum Gasteiger partial charge on any atom is -0.484 e. The van der Waals surface area contributed by atoms with E-state index in [2.05, 4.69) is 30.5 Å². The molecule has 0 saturated heterocycles. The van der Waals surface area contributed by atoms with Crippen molar-refractivity contribution in [2.75, 3.05) is 19.7 Å². The molecule has 178 valence electrons. The predicted molar refractivity (Wildman–Crippen MR) is 137 cm³/mol. The van der Waals surface area contributed by atoms with Crippen LogP contribution in [0.25, 0.3) is 0 Å². The van der Waals surface area contributed by atoms with Crippen LogP contribution >= 0.6 is 22.9 Å². The molecule has 1 unspecified atom stereocenters. The first kappa shape index (κ1) is 24.3. The van der Waals surface area contributed by atoms with Gasteiger partial charge in [0.1, 0.15) is 12.3 Å². The SMILES string of the molecule is Cc1ccccc1C1c2ccsc2CCN1C(=O)CN(C(=O)COc1ccc(Cl)cc1)C(C)C. The van der Waals surface area contributed by atoms with E-state index >= 15 is 0 Å². The second-order valence-electron chi connectivity index (χ2n) is 8.75. The van der Waals surface area contributed by atoms with Crippen LogP contribution < -0.4 is 4.74 Å². The van der Waals surface area contributed by atoms with E-state index in [-0.39, 0.29) is 37.0 Å².